The van der Waals surface area contributed by atoms with Crippen molar-refractivity contribution in [1.29, 1.82) is 0 Å². The lowest BCUT2D eigenvalue weighted by Gasteiger charge is -2.63. The molecular weight excluding hydrogens is 737 g/mol. The summed E-state index contributed by atoms with van der Waals surface area (Å²) in [7, 11) is 6.25. The minimum absolute atomic E-state index is 0.0476. The standard InChI is InChI=1S/C46H56N4O8/c1-8-28-19-29-22-44(41(52)56-6,23-35-31(26-49(24-28)25-29)30-13-10-11-14-34(30)47-35)33-20-32-36(21-37(33)55-5)48(4)39-45(32)16-18-50-17-12-15-43(9-2,38(45)50)40(58-27(3)51)46(39,54)42(53)57-7/h10-15,19-21,29,38-40,47,54H,8-9,16-18,22-26H2,1-7H3/t29-,38-,39+,40+,43+,44+,45+,46-/m0/s1. The van der Waals surface area contributed by atoms with E-state index in [0.29, 0.717) is 44.5 Å². The molecule has 0 amide bonds. The molecule has 6 aliphatic rings. The Morgan fingerprint density at radius 2 is 1.78 bits per heavy atom. The van der Waals surface area contributed by atoms with Crippen LogP contribution in [0, 0.1) is 11.3 Å². The van der Waals surface area contributed by atoms with E-state index in [-0.39, 0.29) is 17.9 Å². The van der Waals surface area contributed by atoms with Gasteiger partial charge in [0.2, 0.25) is 5.60 Å². The predicted octanol–water partition coefficient (Wildman–Crippen LogP) is 4.95. The van der Waals surface area contributed by atoms with Gasteiger partial charge in [0.1, 0.15) is 11.2 Å². The first-order chi connectivity index (χ1) is 27.9. The second-order valence-electron chi connectivity index (χ2n) is 17.6. The zero-order valence-electron chi connectivity index (χ0n) is 34.7. The fourth-order valence-corrected chi connectivity index (χ4v) is 13.0. The Kier molecular flexibility index (Phi) is 9.18. The van der Waals surface area contributed by atoms with Crippen molar-refractivity contribution in [2.45, 2.75) is 94.0 Å². The van der Waals surface area contributed by atoms with Gasteiger partial charge in [-0.15, -0.1) is 0 Å². The molecule has 9 rings (SSSR count). The molecule has 1 saturated heterocycles. The molecule has 1 spiro atoms. The molecule has 1 aliphatic carbocycles. The minimum Gasteiger partial charge on any atom is -0.496 e. The molecule has 1 aromatic heterocycles. The Labute approximate surface area is 340 Å². The molecule has 12 nitrogen and oxygen atoms in total. The maximum absolute atomic E-state index is 15.1. The van der Waals surface area contributed by atoms with Gasteiger partial charge in [0, 0.05) is 97.4 Å². The van der Waals surface area contributed by atoms with E-state index in [9.17, 15) is 14.7 Å². The van der Waals surface area contributed by atoms with Crippen LogP contribution in [0.2, 0.25) is 0 Å². The summed E-state index contributed by atoms with van der Waals surface area (Å²) in [5.41, 5.74) is 1.69. The summed E-state index contributed by atoms with van der Waals surface area (Å²) in [6.45, 7) is 9.31. The number of aromatic nitrogens is 1. The van der Waals surface area contributed by atoms with E-state index in [1.807, 2.05) is 31.0 Å². The summed E-state index contributed by atoms with van der Waals surface area (Å²) < 4.78 is 23.9. The Balaban J connectivity index is 1.33. The number of hydrogen-bond donors (Lipinski definition) is 2. The molecule has 5 aliphatic heterocycles. The summed E-state index contributed by atoms with van der Waals surface area (Å²) in [6.07, 6.45) is 8.12. The normalized spacial score (nSPS) is 34.7. The van der Waals surface area contributed by atoms with Crippen LogP contribution >= 0.6 is 0 Å². The fourth-order valence-electron chi connectivity index (χ4n) is 13.0. The number of carbonyl (C=O) groups is 3. The number of para-hydroxylation sites is 1. The van der Waals surface area contributed by atoms with Gasteiger partial charge in [-0.05, 0) is 61.4 Å². The van der Waals surface area contributed by atoms with Crippen LogP contribution in [0.4, 0.5) is 5.69 Å². The van der Waals surface area contributed by atoms with Crippen molar-refractivity contribution >= 4 is 34.5 Å². The van der Waals surface area contributed by atoms with Crippen LogP contribution in [0.3, 0.4) is 0 Å². The maximum Gasteiger partial charge on any atom is 0.344 e. The van der Waals surface area contributed by atoms with Gasteiger partial charge in [-0.3, -0.25) is 19.4 Å². The quantitative estimate of drug-likeness (QED) is 0.191. The number of likely N-dealkylation sites (N-methyl/N-ethyl adjacent to an activating group) is 1. The number of ether oxygens (including phenoxy) is 4. The number of benzene rings is 2. The second kappa shape index (κ2) is 13.7. The summed E-state index contributed by atoms with van der Waals surface area (Å²) in [4.78, 5) is 53.0. The molecule has 1 saturated carbocycles. The van der Waals surface area contributed by atoms with Gasteiger partial charge in [-0.2, -0.15) is 0 Å². The Morgan fingerprint density at radius 1 is 1.00 bits per heavy atom. The highest BCUT2D eigenvalue weighted by molar-refractivity contribution is 5.90. The van der Waals surface area contributed by atoms with Crippen LogP contribution < -0.4 is 9.64 Å². The van der Waals surface area contributed by atoms with Gasteiger partial charge in [0.15, 0.2) is 6.10 Å². The number of aromatic amines is 1. The SMILES string of the molecule is CCC1=C[C@@H]2CN(C1)Cc1c([nH]c3ccccc13)C[C@@](C(=O)OC)(c1cc3c(cc1OC)N(C)[C@H]1[C@@](O)(C(=O)OC)[C@H](OC(C)=O)[C@]4(CC)C=CCN5CC[C@]31[C@@H]54)C2. The smallest absolute Gasteiger partial charge is 0.344 e. The number of nitrogens with one attached hydrogen (secondary N) is 1. The van der Waals surface area contributed by atoms with Gasteiger partial charge >= 0.3 is 17.9 Å². The maximum atomic E-state index is 15.1. The van der Waals surface area contributed by atoms with E-state index in [0.717, 1.165) is 59.5 Å². The third kappa shape index (κ3) is 5.06. The highest BCUT2D eigenvalue weighted by Crippen LogP contribution is 2.68. The number of H-pyrrole nitrogens is 1. The van der Waals surface area contributed by atoms with Crippen molar-refractivity contribution < 1.29 is 38.4 Å². The molecule has 2 aromatic carbocycles. The molecule has 308 valence electrons. The zero-order chi connectivity index (χ0) is 40.9. The van der Waals surface area contributed by atoms with E-state index in [4.69, 9.17) is 18.9 Å². The van der Waals surface area contributed by atoms with Crippen LogP contribution in [0.25, 0.3) is 10.9 Å². The number of aliphatic hydroxyl groups is 1. The number of fused-ring (bicyclic) bond motifs is 6. The lowest BCUT2D eigenvalue weighted by atomic mass is 9.47. The molecule has 58 heavy (non-hydrogen) atoms. The van der Waals surface area contributed by atoms with Gasteiger partial charge in [0.25, 0.3) is 0 Å². The summed E-state index contributed by atoms with van der Waals surface area (Å²) in [6, 6.07) is 11.3. The molecule has 2 bridgehead atoms. The van der Waals surface area contributed by atoms with E-state index < -0.39 is 45.9 Å². The van der Waals surface area contributed by atoms with Crippen LogP contribution in [-0.2, 0) is 52.4 Å². The van der Waals surface area contributed by atoms with E-state index in [2.05, 4.69) is 64.2 Å². The number of hydrogen-bond acceptors (Lipinski definition) is 11. The molecular formula is C46H56N4O8. The van der Waals surface area contributed by atoms with Crippen LogP contribution in [0.5, 0.6) is 5.75 Å². The molecule has 2 fully saturated rings. The van der Waals surface area contributed by atoms with Crippen molar-refractivity contribution in [1.82, 2.24) is 14.8 Å². The van der Waals surface area contributed by atoms with Crippen molar-refractivity contribution in [3.63, 3.8) is 0 Å². The average Bonchev–Trinajstić information content (AvgIpc) is 3.87. The first kappa shape index (κ1) is 38.8. The largest absolute Gasteiger partial charge is 0.496 e. The third-order valence-electron chi connectivity index (χ3n) is 15.0. The van der Waals surface area contributed by atoms with Gasteiger partial charge in [-0.25, -0.2) is 4.79 Å². The molecule has 1 unspecified atom stereocenters. The lowest BCUT2D eigenvalue weighted by Crippen LogP contribution is -2.81. The van der Waals surface area contributed by atoms with Gasteiger partial charge in [0.05, 0.1) is 27.4 Å². The number of nitrogens with zero attached hydrogens (tertiary/aromatic N) is 3. The minimum atomic E-state index is -2.27. The first-order valence-corrected chi connectivity index (χ1v) is 20.8. The third-order valence-corrected chi connectivity index (χ3v) is 15.0. The number of carbonyl (C=O) groups excluding carboxylic acids is 3. The van der Waals surface area contributed by atoms with Gasteiger partial charge < -0.3 is 33.9 Å². The summed E-state index contributed by atoms with van der Waals surface area (Å²) >= 11 is 0. The molecule has 9 atom stereocenters. The van der Waals surface area contributed by atoms with Crippen LogP contribution in [0.15, 0.2) is 60.2 Å². The van der Waals surface area contributed by atoms with E-state index in [1.165, 1.54) is 32.3 Å². The van der Waals surface area contributed by atoms with Crippen molar-refractivity contribution in [2.75, 3.05) is 59.5 Å². The number of anilines is 1. The lowest BCUT2D eigenvalue weighted by molar-refractivity contribution is -0.228. The van der Waals surface area contributed by atoms with E-state index in [1.54, 1.807) is 7.11 Å². The zero-order valence-corrected chi connectivity index (χ0v) is 34.7. The fraction of sp³-hybridized carbons (Fsp3) is 0.543. The highest BCUT2D eigenvalue weighted by atomic mass is 16.6. The molecule has 12 heteroatoms. The average molecular weight is 793 g/mol. The Bertz CT molecular complexity index is 2270. The highest BCUT2D eigenvalue weighted by Gasteiger charge is 2.80. The van der Waals surface area contributed by atoms with Crippen molar-refractivity contribution in [3.05, 3.63) is 82.6 Å². The number of methoxy groups -OCH3 is 3. The summed E-state index contributed by atoms with van der Waals surface area (Å²) in [5.74, 6) is -1.22. The molecule has 2 N–H and O–H groups in total. The number of esters is 3. The van der Waals surface area contributed by atoms with Crippen molar-refractivity contribution in [3.8, 4) is 5.75 Å². The van der Waals surface area contributed by atoms with Crippen molar-refractivity contribution in [2.24, 2.45) is 11.3 Å². The topological polar surface area (TPSA) is 134 Å². The van der Waals surface area contributed by atoms with E-state index >= 15 is 4.79 Å². The molecule has 6 heterocycles. The monoisotopic (exact) mass is 792 g/mol. The van der Waals surface area contributed by atoms with Crippen LogP contribution in [0.1, 0.15) is 68.8 Å². The second-order valence-corrected chi connectivity index (χ2v) is 17.6. The first-order valence-electron chi connectivity index (χ1n) is 20.8. The predicted molar refractivity (Wildman–Crippen MR) is 219 cm³/mol. The Hall–Kier alpha value is -4.65. The molecule has 0 radical (unpaired) electrons. The van der Waals surface area contributed by atoms with Crippen LogP contribution in [-0.4, -0.2) is 116 Å². The Morgan fingerprint density at radius 3 is 2.48 bits per heavy atom. The van der Waals surface area contributed by atoms with Gasteiger partial charge in [-0.1, -0.05) is 55.8 Å². The summed E-state index contributed by atoms with van der Waals surface area (Å²) in [5, 5.41) is 14.4. The number of rotatable bonds is 7. The molecule has 3 aromatic rings.